The zero-order chi connectivity index (χ0) is 18.3. The van der Waals surface area contributed by atoms with Crippen molar-refractivity contribution in [3.8, 4) is 6.07 Å². The first-order chi connectivity index (χ1) is 12.0. The largest absolute Gasteiger partial charge is 0.448 e. The maximum atomic E-state index is 12.3. The highest BCUT2D eigenvalue weighted by Gasteiger charge is 2.35. The molecule has 134 valence electrons. The number of hydrogen-bond acceptors (Lipinski definition) is 7. The van der Waals surface area contributed by atoms with E-state index in [1.54, 1.807) is 11.5 Å². The van der Waals surface area contributed by atoms with E-state index in [9.17, 15) is 14.9 Å². The Labute approximate surface area is 151 Å². The predicted molar refractivity (Wildman–Crippen MR) is 95.2 cm³/mol. The molecule has 25 heavy (non-hydrogen) atoms. The van der Waals surface area contributed by atoms with Crippen molar-refractivity contribution in [2.45, 2.75) is 50.7 Å². The highest BCUT2D eigenvalue weighted by molar-refractivity contribution is 7.13. The topological polar surface area (TPSA) is 104 Å². The summed E-state index contributed by atoms with van der Waals surface area (Å²) in [6.45, 7) is 5.62. The Bertz CT molecular complexity index is 674. The highest BCUT2D eigenvalue weighted by atomic mass is 32.1. The zero-order valence-corrected chi connectivity index (χ0v) is 15.0. The molecule has 1 amide bonds. The van der Waals surface area contributed by atoms with Gasteiger partial charge in [-0.25, -0.2) is 9.78 Å². The first kappa shape index (κ1) is 18.9. The van der Waals surface area contributed by atoms with E-state index in [0.29, 0.717) is 24.5 Å². The normalized spacial score (nSPS) is 17.0. The molecular weight excluding hydrogens is 340 g/mol. The smallest absolute Gasteiger partial charge is 0.358 e. The summed E-state index contributed by atoms with van der Waals surface area (Å²) < 4.78 is 5.18. The maximum Gasteiger partial charge on any atom is 0.358 e. The molecule has 0 radical (unpaired) electrons. The van der Waals surface area contributed by atoms with Gasteiger partial charge >= 0.3 is 5.97 Å². The average molecular weight is 362 g/mol. The van der Waals surface area contributed by atoms with Gasteiger partial charge in [0.15, 0.2) is 16.9 Å². The molecule has 1 aliphatic carbocycles. The molecule has 0 aromatic carbocycles. The van der Waals surface area contributed by atoms with Crippen LogP contribution in [0, 0.1) is 11.3 Å². The van der Waals surface area contributed by atoms with E-state index in [4.69, 9.17) is 4.74 Å². The molecule has 2 N–H and O–H groups in total. The first-order valence-electron chi connectivity index (χ1n) is 8.24. The predicted octanol–water partition coefficient (Wildman–Crippen LogP) is 2.63. The molecule has 1 fully saturated rings. The van der Waals surface area contributed by atoms with Gasteiger partial charge < -0.3 is 15.4 Å². The lowest BCUT2D eigenvalue weighted by molar-refractivity contribution is -0.130. The van der Waals surface area contributed by atoms with Gasteiger partial charge in [0.2, 0.25) is 0 Å². The van der Waals surface area contributed by atoms with E-state index in [0.717, 1.165) is 19.3 Å². The molecule has 1 aromatic heterocycles. The van der Waals surface area contributed by atoms with Crippen LogP contribution in [0.1, 0.15) is 49.5 Å². The van der Waals surface area contributed by atoms with Gasteiger partial charge in [0.05, 0.1) is 6.07 Å². The fourth-order valence-electron chi connectivity index (χ4n) is 2.64. The fourth-order valence-corrected chi connectivity index (χ4v) is 3.33. The Morgan fingerprint density at radius 1 is 1.52 bits per heavy atom. The molecule has 1 aromatic rings. The van der Waals surface area contributed by atoms with Crippen LogP contribution in [-0.4, -0.2) is 35.0 Å². The van der Waals surface area contributed by atoms with Crippen LogP contribution in [0.4, 0.5) is 5.13 Å². The molecule has 1 unspecified atom stereocenters. The number of anilines is 1. The second-order valence-corrected chi connectivity index (χ2v) is 6.86. The standard InChI is InChI=1S/C17H22N4O3S/c1-3-9-19-16-20-13(10-25-16)15(23)24-12(2)14(22)21-17(11-18)7-5-4-6-8-17/h3,10,12H,1,4-9H2,2H3,(H,19,20)(H,21,22). The lowest BCUT2D eigenvalue weighted by atomic mass is 9.83. The number of carbonyl (C=O) groups is 2. The van der Waals surface area contributed by atoms with Gasteiger partial charge in [-0.2, -0.15) is 5.26 Å². The Balaban J connectivity index is 1.91. The number of aromatic nitrogens is 1. The van der Waals surface area contributed by atoms with Crippen molar-refractivity contribution in [3.05, 3.63) is 23.7 Å². The number of amides is 1. The molecule has 1 saturated carbocycles. The number of rotatable bonds is 7. The second-order valence-electron chi connectivity index (χ2n) is 6.00. The fraction of sp³-hybridized carbons (Fsp3) is 0.529. The van der Waals surface area contributed by atoms with Crippen molar-refractivity contribution >= 4 is 28.3 Å². The summed E-state index contributed by atoms with van der Waals surface area (Å²) in [5, 5.41) is 17.3. The summed E-state index contributed by atoms with van der Waals surface area (Å²) in [6.07, 6.45) is 4.81. The molecule has 0 aliphatic heterocycles. The molecule has 1 aliphatic rings. The maximum absolute atomic E-state index is 12.3. The molecule has 1 heterocycles. The van der Waals surface area contributed by atoms with Crippen molar-refractivity contribution in [2.75, 3.05) is 11.9 Å². The number of nitrogens with one attached hydrogen (secondary N) is 2. The number of esters is 1. The first-order valence-corrected chi connectivity index (χ1v) is 9.12. The number of thiazole rings is 1. The minimum atomic E-state index is -0.995. The molecule has 2 rings (SSSR count). The lowest BCUT2D eigenvalue weighted by Gasteiger charge is -2.32. The average Bonchev–Trinajstić information content (AvgIpc) is 3.09. The Morgan fingerprint density at radius 3 is 2.88 bits per heavy atom. The van der Waals surface area contributed by atoms with E-state index in [-0.39, 0.29) is 5.69 Å². The van der Waals surface area contributed by atoms with Gasteiger partial charge in [0, 0.05) is 11.9 Å². The zero-order valence-electron chi connectivity index (χ0n) is 14.2. The van der Waals surface area contributed by atoms with E-state index < -0.39 is 23.5 Å². The third-order valence-electron chi connectivity index (χ3n) is 4.05. The number of carbonyl (C=O) groups excluding carboxylic acids is 2. The minimum absolute atomic E-state index is 0.142. The summed E-state index contributed by atoms with van der Waals surface area (Å²) in [4.78, 5) is 28.5. The van der Waals surface area contributed by atoms with Gasteiger partial charge in [-0.1, -0.05) is 25.3 Å². The second kappa shape index (κ2) is 8.62. The summed E-state index contributed by atoms with van der Waals surface area (Å²) >= 11 is 1.27. The van der Waals surface area contributed by atoms with E-state index in [2.05, 4.69) is 28.3 Å². The van der Waals surface area contributed by atoms with Crippen molar-refractivity contribution in [1.29, 1.82) is 5.26 Å². The van der Waals surface area contributed by atoms with Gasteiger partial charge in [0.25, 0.3) is 5.91 Å². The minimum Gasteiger partial charge on any atom is -0.448 e. The summed E-state index contributed by atoms with van der Waals surface area (Å²) in [7, 11) is 0. The van der Waals surface area contributed by atoms with Crippen LogP contribution >= 0.6 is 11.3 Å². The van der Waals surface area contributed by atoms with Crippen LogP contribution in [-0.2, 0) is 9.53 Å². The molecular formula is C17H22N4O3S. The third-order valence-corrected chi connectivity index (χ3v) is 4.85. The van der Waals surface area contributed by atoms with Crippen molar-refractivity contribution in [3.63, 3.8) is 0 Å². The van der Waals surface area contributed by atoms with Crippen LogP contribution in [0.5, 0.6) is 0 Å². The van der Waals surface area contributed by atoms with E-state index >= 15 is 0 Å². The van der Waals surface area contributed by atoms with Gasteiger partial charge in [-0.15, -0.1) is 17.9 Å². The summed E-state index contributed by atoms with van der Waals surface area (Å²) in [5.74, 6) is -1.13. The van der Waals surface area contributed by atoms with Gasteiger partial charge in [0.1, 0.15) is 5.54 Å². The van der Waals surface area contributed by atoms with Crippen LogP contribution < -0.4 is 10.6 Å². The van der Waals surface area contributed by atoms with Crippen molar-refractivity contribution in [2.24, 2.45) is 0 Å². The molecule has 8 heteroatoms. The molecule has 7 nitrogen and oxygen atoms in total. The lowest BCUT2D eigenvalue weighted by Crippen LogP contribution is -2.52. The van der Waals surface area contributed by atoms with Gasteiger partial charge in [-0.05, 0) is 19.8 Å². The molecule has 0 spiro atoms. The van der Waals surface area contributed by atoms with Crippen LogP contribution in [0.15, 0.2) is 18.0 Å². The Morgan fingerprint density at radius 2 is 2.24 bits per heavy atom. The van der Waals surface area contributed by atoms with Crippen LogP contribution in [0.25, 0.3) is 0 Å². The van der Waals surface area contributed by atoms with E-state index in [1.165, 1.54) is 18.3 Å². The van der Waals surface area contributed by atoms with Crippen LogP contribution in [0.3, 0.4) is 0 Å². The quantitative estimate of drug-likeness (QED) is 0.571. The molecule has 1 atom stereocenters. The number of nitrogens with zero attached hydrogens (tertiary/aromatic N) is 2. The summed E-state index contributed by atoms with van der Waals surface area (Å²) in [6, 6.07) is 2.21. The number of hydrogen-bond donors (Lipinski definition) is 2. The van der Waals surface area contributed by atoms with E-state index in [1.807, 2.05) is 0 Å². The van der Waals surface area contributed by atoms with Gasteiger partial charge in [-0.3, -0.25) is 4.79 Å². The monoisotopic (exact) mass is 362 g/mol. The number of ether oxygens (including phenoxy) is 1. The van der Waals surface area contributed by atoms with Crippen LogP contribution in [0.2, 0.25) is 0 Å². The van der Waals surface area contributed by atoms with Crippen molar-refractivity contribution < 1.29 is 14.3 Å². The highest BCUT2D eigenvalue weighted by Crippen LogP contribution is 2.27. The third kappa shape index (κ3) is 5.03. The summed E-state index contributed by atoms with van der Waals surface area (Å²) in [5.41, 5.74) is -0.706. The molecule has 0 bridgehead atoms. The Kier molecular flexibility index (Phi) is 6.53. The molecule has 0 saturated heterocycles. The Hall–Kier alpha value is -2.40. The van der Waals surface area contributed by atoms with Crippen molar-refractivity contribution in [1.82, 2.24) is 10.3 Å². The SMILES string of the molecule is C=CCNc1nc(C(=O)OC(C)C(=O)NC2(C#N)CCCCC2)cs1. The number of nitriles is 1.